The van der Waals surface area contributed by atoms with Crippen molar-refractivity contribution in [1.29, 1.82) is 0 Å². The summed E-state index contributed by atoms with van der Waals surface area (Å²) in [6.07, 6.45) is 1.54. The van der Waals surface area contributed by atoms with E-state index in [4.69, 9.17) is 5.73 Å². The number of nitrogens with two attached hydrogens (primary N) is 1. The van der Waals surface area contributed by atoms with E-state index in [-0.39, 0.29) is 17.1 Å². The van der Waals surface area contributed by atoms with Gasteiger partial charge < -0.3 is 11.1 Å². The highest BCUT2D eigenvalue weighted by molar-refractivity contribution is 8.13. The molecule has 3 aromatic rings. The zero-order valence-electron chi connectivity index (χ0n) is 17.4. The summed E-state index contributed by atoms with van der Waals surface area (Å²) < 4.78 is 15.4. The van der Waals surface area contributed by atoms with Gasteiger partial charge >= 0.3 is 0 Å². The van der Waals surface area contributed by atoms with Crippen LogP contribution < -0.4 is 11.1 Å². The molecule has 1 aliphatic rings. The Hall–Kier alpha value is -2.38. The molecule has 1 atom stereocenters. The van der Waals surface area contributed by atoms with Crippen LogP contribution in [-0.2, 0) is 6.42 Å². The number of nitrogens with zero attached hydrogens (tertiary/aromatic N) is 1. The third-order valence-electron chi connectivity index (χ3n) is 4.86. The van der Waals surface area contributed by atoms with Crippen molar-refractivity contribution in [3.8, 4) is 0 Å². The summed E-state index contributed by atoms with van der Waals surface area (Å²) in [6, 6.07) is 12.5. The Morgan fingerprint density at radius 2 is 2.03 bits per heavy atom. The lowest BCUT2D eigenvalue weighted by Crippen LogP contribution is -2.33. The van der Waals surface area contributed by atoms with Crippen LogP contribution >= 0.6 is 23.1 Å². The number of amides is 1. The maximum atomic E-state index is 14.4. The fraction of sp³-hybridized carbons (Fsp3) is 0.304. The van der Waals surface area contributed by atoms with Gasteiger partial charge in [0.1, 0.15) is 5.82 Å². The average molecular weight is 444 g/mol. The normalized spacial score (nSPS) is 18.3. The van der Waals surface area contributed by atoms with Gasteiger partial charge in [-0.25, -0.2) is 4.39 Å². The number of rotatable bonds is 4. The number of hydrogen-bond acceptors (Lipinski definition) is 5. The van der Waals surface area contributed by atoms with E-state index in [2.05, 4.69) is 17.2 Å². The van der Waals surface area contributed by atoms with Gasteiger partial charge in [-0.1, -0.05) is 49.9 Å². The van der Waals surface area contributed by atoms with Crippen molar-refractivity contribution in [2.75, 3.05) is 11.1 Å². The van der Waals surface area contributed by atoms with Crippen LogP contribution in [0.1, 0.15) is 43.1 Å². The molecule has 2 aromatic carbocycles. The van der Waals surface area contributed by atoms with Crippen molar-refractivity contribution >= 4 is 49.9 Å². The molecule has 0 fully saturated rings. The van der Waals surface area contributed by atoms with E-state index in [0.29, 0.717) is 17.2 Å². The lowest BCUT2D eigenvalue weighted by atomic mass is 9.90. The lowest BCUT2D eigenvalue weighted by Gasteiger charge is -2.29. The maximum absolute atomic E-state index is 14.4. The summed E-state index contributed by atoms with van der Waals surface area (Å²) in [7, 11) is 0. The van der Waals surface area contributed by atoms with Gasteiger partial charge in [0.15, 0.2) is 5.17 Å². The number of carbonyl (C=O) groups is 1. The zero-order valence-corrected chi connectivity index (χ0v) is 19.0. The number of benzene rings is 2. The van der Waals surface area contributed by atoms with Gasteiger partial charge in [0, 0.05) is 21.2 Å². The molecule has 3 N–H and O–H groups in total. The van der Waals surface area contributed by atoms with Crippen molar-refractivity contribution in [1.82, 2.24) is 0 Å². The van der Waals surface area contributed by atoms with E-state index in [1.807, 2.05) is 38.1 Å². The third kappa shape index (κ3) is 5.02. The van der Waals surface area contributed by atoms with Gasteiger partial charge in [-0.3, -0.25) is 9.79 Å². The third-order valence-corrected chi connectivity index (χ3v) is 6.62. The standard InChI is InChI=1S/C21H20FN3OS2.C2H6/c1-21(8-9-27-20(23)25-21)11-13-6-7-16(22)17(10-13)24-19(26)15-12-28-18-5-3-2-4-14(15)18;1-2/h2-7,10,12H,8-9,11H2,1H3,(H2,23,25)(H,24,26);1-2H3. The number of aliphatic imine (C=N–C) groups is 1. The number of fused-ring (bicyclic) bond motifs is 1. The molecule has 1 aromatic heterocycles. The first-order chi connectivity index (χ1) is 14.4. The molecule has 2 heterocycles. The Bertz CT molecular complexity index is 1080. The molecular formula is C23H26FN3OS2. The Kier molecular flexibility index (Phi) is 7.15. The molecule has 0 saturated heterocycles. The Morgan fingerprint density at radius 3 is 2.80 bits per heavy atom. The molecule has 0 saturated carbocycles. The molecule has 7 heteroatoms. The Morgan fingerprint density at radius 1 is 1.27 bits per heavy atom. The largest absolute Gasteiger partial charge is 0.379 e. The first kappa shape index (κ1) is 22.3. The number of hydrogen-bond donors (Lipinski definition) is 2. The molecular weight excluding hydrogens is 417 g/mol. The van der Waals surface area contributed by atoms with Crippen LogP contribution in [0.3, 0.4) is 0 Å². The zero-order chi connectivity index (χ0) is 21.7. The maximum Gasteiger partial charge on any atom is 0.257 e. The van der Waals surface area contributed by atoms with Gasteiger partial charge in [-0.05, 0) is 43.5 Å². The molecule has 1 unspecified atom stereocenters. The van der Waals surface area contributed by atoms with Gasteiger partial charge in [0.2, 0.25) is 0 Å². The van der Waals surface area contributed by atoms with E-state index >= 15 is 0 Å². The molecule has 0 bridgehead atoms. The minimum atomic E-state index is -0.455. The first-order valence-electron chi connectivity index (χ1n) is 9.98. The van der Waals surface area contributed by atoms with Gasteiger partial charge in [-0.2, -0.15) is 0 Å². The minimum Gasteiger partial charge on any atom is -0.379 e. The number of thioether (sulfide) groups is 1. The van der Waals surface area contributed by atoms with Crippen LogP contribution in [0.15, 0.2) is 52.8 Å². The molecule has 30 heavy (non-hydrogen) atoms. The first-order valence-corrected chi connectivity index (χ1v) is 11.8. The smallest absolute Gasteiger partial charge is 0.257 e. The fourth-order valence-corrected chi connectivity index (χ4v) is 5.40. The topological polar surface area (TPSA) is 67.5 Å². The molecule has 158 valence electrons. The van der Waals surface area contributed by atoms with E-state index < -0.39 is 5.82 Å². The number of nitrogens with one attached hydrogen (secondary N) is 1. The van der Waals surface area contributed by atoms with Crippen LogP contribution in [0.5, 0.6) is 0 Å². The molecule has 0 spiro atoms. The molecule has 1 amide bonds. The van der Waals surface area contributed by atoms with Crippen LogP contribution in [0.2, 0.25) is 0 Å². The summed E-state index contributed by atoms with van der Waals surface area (Å²) in [5, 5.41) is 6.00. The van der Waals surface area contributed by atoms with Crippen molar-refractivity contribution in [3.63, 3.8) is 0 Å². The molecule has 4 rings (SSSR count). The Balaban J connectivity index is 0.00000124. The van der Waals surface area contributed by atoms with Crippen molar-refractivity contribution in [2.45, 2.75) is 39.2 Å². The predicted molar refractivity (Wildman–Crippen MR) is 128 cm³/mol. The SMILES string of the molecule is CC.CC1(Cc2ccc(F)c(NC(=O)c3csc4ccccc34)c2)CCSC(N)=N1. The number of amidine groups is 1. The van der Waals surface area contributed by atoms with Crippen LogP contribution in [-0.4, -0.2) is 22.4 Å². The second kappa shape index (κ2) is 9.62. The Labute approximate surface area is 184 Å². The van der Waals surface area contributed by atoms with Gasteiger partial charge in [0.05, 0.1) is 16.8 Å². The van der Waals surface area contributed by atoms with Crippen LogP contribution in [0, 0.1) is 5.82 Å². The molecule has 0 aliphatic carbocycles. The number of carbonyl (C=O) groups excluding carboxylic acids is 1. The summed E-state index contributed by atoms with van der Waals surface area (Å²) in [4.78, 5) is 17.3. The monoisotopic (exact) mass is 443 g/mol. The van der Waals surface area contributed by atoms with Crippen molar-refractivity contribution < 1.29 is 9.18 Å². The lowest BCUT2D eigenvalue weighted by molar-refractivity contribution is 0.102. The highest BCUT2D eigenvalue weighted by atomic mass is 32.2. The van der Waals surface area contributed by atoms with Crippen LogP contribution in [0.25, 0.3) is 10.1 Å². The van der Waals surface area contributed by atoms with Crippen molar-refractivity contribution in [3.05, 3.63) is 64.8 Å². The van der Waals surface area contributed by atoms with Crippen molar-refractivity contribution in [2.24, 2.45) is 10.7 Å². The van der Waals surface area contributed by atoms with E-state index in [1.54, 1.807) is 29.3 Å². The van der Waals surface area contributed by atoms with Crippen LogP contribution in [0.4, 0.5) is 10.1 Å². The summed E-state index contributed by atoms with van der Waals surface area (Å²) in [5.74, 6) is 0.155. The summed E-state index contributed by atoms with van der Waals surface area (Å²) in [5.41, 5.74) is 7.23. The number of halogens is 1. The van der Waals surface area contributed by atoms with E-state index in [0.717, 1.165) is 27.8 Å². The highest BCUT2D eigenvalue weighted by Gasteiger charge is 2.28. The average Bonchev–Trinajstić information content (AvgIpc) is 3.16. The van der Waals surface area contributed by atoms with Gasteiger partial charge in [0.25, 0.3) is 5.91 Å². The molecule has 1 aliphatic heterocycles. The minimum absolute atomic E-state index is 0.184. The van der Waals surface area contributed by atoms with E-state index in [9.17, 15) is 9.18 Å². The fourth-order valence-electron chi connectivity index (χ4n) is 3.42. The quantitative estimate of drug-likeness (QED) is 0.514. The number of thiophene rings is 1. The second-order valence-corrected chi connectivity index (χ2v) is 9.16. The highest BCUT2D eigenvalue weighted by Crippen LogP contribution is 2.31. The van der Waals surface area contributed by atoms with E-state index in [1.165, 1.54) is 17.4 Å². The molecule has 0 radical (unpaired) electrons. The number of anilines is 1. The predicted octanol–water partition coefficient (Wildman–Crippen LogP) is 6.07. The molecule has 4 nitrogen and oxygen atoms in total. The summed E-state index contributed by atoms with van der Waals surface area (Å²) >= 11 is 3.06. The summed E-state index contributed by atoms with van der Waals surface area (Å²) in [6.45, 7) is 6.05. The van der Waals surface area contributed by atoms with Gasteiger partial charge in [-0.15, -0.1) is 11.3 Å². The second-order valence-electron chi connectivity index (χ2n) is 7.14.